The van der Waals surface area contributed by atoms with Crippen LogP contribution in [-0.2, 0) is 0 Å². The first-order valence-corrected chi connectivity index (χ1v) is 6.88. The summed E-state index contributed by atoms with van der Waals surface area (Å²) in [6.45, 7) is 0. The molecule has 23 heavy (non-hydrogen) atoms. The predicted octanol–water partition coefficient (Wildman–Crippen LogP) is 3.69. The lowest BCUT2D eigenvalue weighted by atomic mass is 9.90. The van der Waals surface area contributed by atoms with Gasteiger partial charge in [0.1, 0.15) is 5.75 Å². The van der Waals surface area contributed by atoms with Gasteiger partial charge in [0.05, 0.1) is 11.1 Å². The van der Waals surface area contributed by atoms with E-state index >= 15 is 0 Å². The zero-order chi connectivity index (χ0) is 16.3. The van der Waals surface area contributed by atoms with Crippen molar-refractivity contribution in [3.8, 4) is 5.75 Å². The van der Waals surface area contributed by atoms with E-state index in [2.05, 4.69) is 0 Å². The Bertz CT molecular complexity index is 1130. The van der Waals surface area contributed by atoms with Crippen LogP contribution in [0.5, 0.6) is 5.75 Å². The van der Waals surface area contributed by atoms with Gasteiger partial charge in [-0.15, -0.1) is 0 Å². The molecule has 112 valence electrons. The first kappa shape index (κ1) is 13.3. The molecule has 0 amide bonds. The van der Waals surface area contributed by atoms with E-state index in [9.17, 15) is 24.9 Å². The third-order valence-electron chi connectivity index (χ3n) is 4.17. The van der Waals surface area contributed by atoms with Crippen molar-refractivity contribution < 1.29 is 24.9 Å². The van der Waals surface area contributed by atoms with Crippen LogP contribution in [0.15, 0.2) is 42.5 Å². The third kappa shape index (κ3) is 1.73. The standard InChI is InChI=1S/C18H10O5/c19-14-7-12-11(18(22)23)4-3-8-1-2-9-5-10(17(20)21)6-13(14)16(9)15(8)12/h1-7,19H,(H,20,21)(H,22,23). The molecule has 3 N–H and O–H groups in total. The number of aromatic hydroxyl groups is 1. The van der Waals surface area contributed by atoms with Gasteiger partial charge in [-0.1, -0.05) is 18.2 Å². The fourth-order valence-electron chi connectivity index (χ4n) is 3.19. The molecule has 0 radical (unpaired) electrons. The molecule has 0 atom stereocenters. The lowest BCUT2D eigenvalue weighted by Crippen LogP contribution is -2.00. The molecule has 0 aliphatic heterocycles. The zero-order valence-corrected chi connectivity index (χ0v) is 11.7. The van der Waals surface area contributed by atoms with Crippen LogP contribution in [0.3, 0.4) is 0 Å². The Labute approximate surface area is 129 Å². The highest BCUT2D eigenvalue weighted by molar-refractivity contribution is 6.28. The number of phenolic OH excluding ortho intramolecular Hbond substituents is 1. The minimum absolute atomic E-state index is 0.0737. The quantitative estimate of drug-likeness (QED) is 0.491. The van der Waals surface area contributed by atoms with E-state index in [1.54, 1.807) is 12.1 Å². The second kappa shape index (κ2) is 4.33. The number of carbonyl (C=O) groups is 2. The molecular formula is C18H10O5. The molecule has 0 aliphatic rings. The topological polar surface area (TPSA) is 94.8 Å². The van der Waals surface area contributed by atoms with Crippen LogP contribution in [0, 0.1) is 0 Å². The van der Waals surface area contributed by atoms with Crippen molar-refractivity contribution in [2.75, 3.05) is 0 Å². The number of aromatic carboxylic acids is 2. The summed E-state index contributed by atoms with van der Waals surface area (Å²) in [5, 5.41) is 32.6. The minimum Gasteiger partial charge on any atom is -0.507 e. The number of carboxylic acid groups (broad SMARTS) is 2. The largest absolute Gasteiger partial charge is 0.507 e. The molecule has 0 aromatic heterocycles. The lowest BCUT2D eigenvalue weighted by molar-refractivity contribution is 0.0687. The fourth-order valence-corrected chi connectivity index (χ4v) is 3.19. The van der Waals surface area contributed by atoms with Gasteiger partial charge in [-0.25, -0.2) is 9.59 Å². The highest BCUT2D eigenvalue weighted by Gasteiger charge is 2.18. The number of benzene rings is 4. The van der Waals surface area contributed by atoms with Crippen molar-refractivity contribution in [3.63, 3.8) is 0 Å². The maximum absolute atomic E-state index is 11.4. The Balaban J connectivity index is 2.32. The predicted molar refractivity (Wildman–Crippen MR) is 85.7 cm³/mol. The molecule has 0 unspecified atom stereocenters. The average Bonchev–Trinajstić information content (AvgIpc) is 2.52. The highest BCUT2D eigenvalue weighted by atomic mass is 16.4. The van der Waals surface area contributed by atoms with Gasteiger partial charge in [0.15, 0.2) is 0 Å². The van der Waals surface area contributed by atoms with E-state index < -0.39 is 11.9 Å². The van der Waals surface area contributed by atoms with E-state index in [1.165, 1.54) is 24.3 Å². The number of carboxylic acids is 2. The second-order valence-corrected chi connectivity index (χ2v) is 5.45. The molecular weight excluding hydrogens is 296 g/mol. The van der Waals surface area contributed by atoms with Gasteiger partial charge < -0.3 is 15.3 Å². The summed E-state index contributed by atoms with van der Waals surface area (Å²) >= 11 is 0. The van der Waals surface area contributed by atoms with Crippen molar-refractivity contribution in [2.45, 2.75) is 0 Å². The van der Waals surface area contributed by atoms with Gasteiger partial charge in [-0.3, -0.25) is 0 Å². The molecule has 0 saturated carbocycles. The van der Waals surface area contributed by atoms with Crippen LogP contribution < -0.4 is 0 Å². The molecule has 0 spiro atoms. The van der Waals surface area contributed by atoms with Crippen molar-refractivity contribution in [1.29, 1.82) is 0 Å². The number of phenols is 1. The van der Waals surface area contributed by atoms with Crippen LogP contribution in [0.4, 0.5) is 0 Å². The lowest BCUT2D eigenvalue weighted by Gasteiger charge is -2.14. The zero-order valence-electron chi connectivity index (χ0n) is 11.7. The summed E-state index contributed by atoms with van der Waals surface area (Å²) in [4.78, 5) is 22.7. The normalized spacial score (nSPS) is 11.5. The summed E-state index contributed by atoms with van der Waals surface area (Å²) in [7, 11) is 0. The van der Waals surface area contributed by atoms with E-state index in [1.807, 2.05) is 6.07 Å². The molecule has 4 aromatic rings. The third-order valence-corrected chi connectivity index (χ3v) is 4.17. The van der Waals surface area contributed by atoms with Crippen LogP contribution in [0.2, 0.25) is 0 Å². The number of hydrogen-bond donors (Lipinski definition) is 3. The van der Waals surface area contributed by atoms with Gasteiger partial charge in [-0.2, -0.15) is 0 Å². The molecule has 5 nitrogen and oxygen atoms in total. The minimum atomic E-state index is -1.08. The first-order valence-electron chi connectivity index (χ1n) is 6.88. The van der Waals surface area contributed by atoms with Crippen molar-refractivity contribution >= 4 is 44.3 Å². The Morgan fingerprint density at radius 2 is 1.39 bits per heavy atom. The SMILES string of the molecule is O=C(O)c1cc2ccc3ccc(C(=O)O)c4cc(O)c(c1)c2c34. The van der Waals surface area contributed by atoms with Gasteiger partial charge in [0.25, 0.3) is 0 Å². The molecule has 4 aromatic carbocycles. The van der Waals surface area contributed by atoms with Gasteiger partial charge >= 0.3 is 11.9 Å². The molecule has 0 fully saturated rings. The van der Waals surface area contributed by atoms with Gasteiger partial charge in [-0.05, 0) is 40.4 Å². The van der Waals surface area contributed by atoms with Crippen LogP contribution in [0.1, 0.15) is 20.7 Å². The summed E-state index contributed by atoms with van der Waals surface area (Å²) in [6, 6.07) is 11.1. The van der Waals surface area contributed by atoms with Crippen LogP contribution in [0.25, 0.3) is 32.3 Å². The average molecular weight is 306 g/mol. The van der Waals surface area contributed by atoms with Crippen LogP contribution in [-0.4, -0.2) is 27.3 Å². The molecule has 0 bridgehead atoms. The smallest absolute Gasteiger partial charge is 0.336 e. The van der Waals surface area contributed by atoms with Gasteiger partial charge in [0, 0.05) is 16.2 Å². The Morgan fingerprint density at radius 1 is 0.739 bits per heavy atom. The van der Waals surface area contributed by atoms with Crippen molar-refractivity contribution in [1.82, 2.24) is 0 Å². The van der Waals surface area contributed by atoms with Crippen molar-refractivity contribution in [3.05, 3.63) is 53.6 Å². The summed E-state index contributed by atoms with van der Waals surface area (Å²) < 4.78 is 0. The molecule has 0 saturated heterocycles. The fraction of sp³-hybridized carbons (Fsp3) is 0. The van der Waals surface area contributed by atoms with E-state index in [4.69, 9.17) is 0 Å². The highest BCUT2D eigenvalue weighted by Crippen LogP contribution is 2.41. The number of rotatable bonds is 2. The first-order chi connectivity index (χ1) is 11.0. The summed E-state index contributed by atoms with van der Waals surface area (Å²) in [5.41, 5.74) is 0.175. The monoisotopic (exact) mass is 306 g/mol. The Kier molecular flexibility index (Phi) is 2.51. The Morgan fingerprint density at radius 3 is 2.09 bits per heavy atom. The van der Waals surface area contributed by atoms with Crippen molar-refractivity contribution in [2.24, 2.45) is 0 Å². The Hall–Kier alpha value is -3.34. The number of hydrogen-bond acceptors (Lipinski definition) is 3. The molecule has 0 aliphatic carbocycles. The molecule has 5 heteroatoms. The van der Waals surface area contributed by atoms with Gasteiger partial charge in [0.2, 0.25) is 0 Å². The maximum Gasteiger partial charge on any atom is 0.336 e. The van der Waals surface area contributed by atoms with E-state index in [0.717, 1.165) is 5.39 Å². The molecule has 0 heterocycles. The van der Waals surface area contributed by atoms with E-state index in [0.29, 0.717) is 26.9 Å². The van der Waals surface area contributed by atoms with Crippen LogP contribution >= 0.6 is 0 Å². The molecule has 4 rings (SSSR count). The summed E-state index contributed by atoms with van der Waals surface area (Å²) in [5.74, 6) is -2.29. The summed E-state index contributed by atoms with van der Waals surface area (Å²) in [6.07, 6.45) is 0. The maximum atomic E-state index is 11.4. The second-order valence-electron chi connectivity index (χ2n) is 5.45. The van der Waals surface area contributed by atoms with E-state index in [-0.39, 0.29) is 16.9 Å².